The SMILES string of the molecule is Cc1cc(Br)cc(Nc2nc(Cl)nc(-n3ccnc3)n2)c1. The van der Waals surface area contributed by atoms with E-state index in [2.05, 4.69) is 41.2 Å². The van der Waals surface area contributed by atoms with Crippen LogP contribution in [-0.2, 0) is 0 Å². The largest absolute Gasteiger partial charge is 0.324 e. The zero-order valence-electron chi connectivity index (χ0n) is 11.0. The van der Waals surface area contributed by atoms with Gasteiger partial charge in [-0.25, -0.2) is 4.98 Å². The Morgan fingerprint density at radius 2 is 2.05 bits per heavy atom. The van der Waals surface area contributed by atoms with Gasteiger partial charge in [-0.05, 0) is 42.3 Å². The Kier molecular flexibility index (Phi) is 3.85. The molecule has 0 amide bonds. The van der Waals surface area contributed by atoms with Crippen LogP contribution in [0, 0.1) is 6.92 Å². The van der Waals surface area contributed by atoms with Gasteiger partial charge < -0.3 is 5.32 Å². The Balaban J connectivity index is 1.95. The van der Waals surface area contributed by atoms with Gasteiger partial charge in [0.25, 0.3) is 0 Å². The van der Waals surface area contributed by atoms with E-state index in [0.717, 1.165) is 15.7 Å². The lowest BCUT2D eigenvalue weighted by Gasteiger charge is -2.08. The van der Waals surface area contributed by atoms with Gasteiger partial charge >= 0.3 is 0 Å². The van der Waals surface area contributed by atoms with Crippen molar-refractivity contribution >= 4 is 39.2 Å². The molecule has 6 nitrogen and oxygen atoms in total. The first kappa shape index (κ1) is 14.0. The van der Waals surface area contributed by atoms with Gasteiger partial charge in [-0.15, -0.1) is 0 Å². The maximum Gasteiger partial charge on any atom is 0.241 e. The molecule has 0 bridgehead atoms. The minimum absolute atomic E-state index is 0.114. The molecule has 0 unspecified atom stereocenters. The Morgan fingerprint density at radius 3 is 2.76 bits per heavy atom. The maximum absolute atomic E-state index is 5.95. The van der Waals surface area contributed by atoms with Crippen molar-refractivity contribution in [3.63, 3.8) is 0 Å². The summed E-state index contributed by atoms with van der Waals surface area (Å²) in [6.45, 7) is 2.01. The summed E-state index contributed by atoms with van der Waals surface area (Å²) < 4.78 is 2.63. The third-order valence-electron chi connectivity index (χ3n) is 2.63. The number of hydrogen-bond donors (Lipinski definition) is 1. The van der Waals surface area contributed by atoms with E-state index in [1.54, 1.807) is 23.3 Å². The van der Waals surface area contributed by atoms with Gasteiger partial charge in [-0.3, -0.25) is 4.57 Å². The molecule has 1 N–H and O–H groups in total. The number of nitrogens with one attached hydrogen (secondary N) is 1. The van der Waals surface area contributed by atoms with Crippen LogP contribution in [0.3, 0.4) is 0 Å². The molecule has 2 aromatic heterocycles. The smallest absolute Gasteiger partial charge is 0.241 e. The summed E-state index contributed by atoms with van der Waals surface area (Å²) in [5.74, 6) is 0.776. The highest BCUT2D eigenvalue weighted by molar-refractivity contribution is 9.10. The van der Waals surface area contributed by atoms with E-state index < -0.39 is 0 Å². The van der Waals surface area contributed by atoms with Gasteiger partial charge in [0.15, 0.2) is 0 Å². The first-order valence-corrected chi connectivity index (χ1v) is 7.21. The first-order chi connectivity index (χ1) is 10.1. The first-order valence-electron chi connectivity index (χ1n) is 6.04. The molecule has 0 atom stereocenters. The van der Waals surface area contributed by atoms with Crippen molar-refractivity contribution in [2.24, 2.45) is 0 Å². The molecule has 0 saturated carbocycles. The molecule has 0 saturated heterocycles. The summed E-state index contributed by atoms with van der Waals surface area (Å²) in [5.41, 5.74) is 1.97. The summed E-state index contributed by atoms with van der Waals surface area (Å²) in [5, 5.41) is 3.23. The molecule has 0 aliphatic heterocycles. The molecule has 21 heavy (non-hydrogen) atoms. The van der Waals surface area contributed by atoms with Crippen molar-refractivity contribution < 1.29 is 0 Å². The molecule has 3 rings (SSSR count). The average Bonchev–Trinajstić information content (AvgIpc) is 2.90. The summed E-state index contributed by atoms with van der Waals surface area (Å²) in [6.07, 6.45) is 4.97. The highest BCUT2D eigenvalue weighted by Crippen LogP contribution is 2.22. The predicted octanol–water partition coefficient (Wildman–Crippen LogP) is 3.53. The summed E-state index contributed by atoms with van der Waals surface area (Å²) in [7, 11) is 0. The monoisotopic (exact) mass is 364 g/mol. The molecule has 0 fully saturated rings. The number of benzene rings is 1. The number of aromatic nitrogens is 5. The van der Waals surface area contributed by atoms with Crippen molar-refractivity contribution in [2.75, 3.05) is 5.32 Å². The van der Waals surface area contributed by atoms with Crippen LogP contribution in [0.1, 0.15) is 5.56 Å². The minimum atomic E-state index is 0.114. The number of anilines is 2. The van der Waals surface area contributed by atoms with Crippen molar-refractivity contribution in [2.45, 2.75) is 6.92 Å². The zero-order chi connectivity index (χ0) is 14.8. The van der Waals surface area contributed by atoms with Crippen molar-refractivity contribution in [3.8, 4) is 5.95 Å². The van der Waals surface area contributed by atoms with Crippen LogP contribution >= 0.6 is 27.5 Å². The fraction of sp³-hybridized carbons (Fsp3) is 0.0769. The molecule has 2 heterocycles. The van der Waals surface area contributed by atoms with E-state index in [1.165, 1.54) is 0 Å². The standard InChI is InChI=1S/C13H10BrClN6/c1-8-4-9(14)6-10(5-8)17-12-18-11(15)19-13(20-12)21-3-2-16-7-21/h2-7H,1H3,(H,17,18,19,20). The molecule has 3 aromatic rings. The fourth-order valence-corrected chi connectivity index (χ4v) is 2.59. The summed E-state index contributed by atoms with van der Waals surface area (Å²) in [6, 6.07) is 5.93. The van der Waals surface area contributed by atoms with Crippen LogP contribution < -0.4 is 5.32 Å². The molecule has 106 valence electrons. The van der Waals surface area contributed by atoms with E-state index in [1.807, 2.05) is 25.1 Å². The highest BCUT2D eigenvalue weighted by atomic mass is 79.9. The van der Waals surface area contributed by atoms with Crippen LogP contribution in [0.4, 0.5) is 11.6 Å². The Morgan fingerprint density at radius 1 is 1.19 bits per heavy atom. The van der Waals surface area contributed by atoms with Crippen LogP contribution in [0.25, 0.3) is 5.95 Å². The van der Waals surface area contributed by atoms with Crippen molar-refractivity contribution in [1.82, 2.24) is 24.5 Å². The topological polar surface area (TPSA) is 68.5 Å². The lowest BCUT2D eigenvalue weighted by atomic mass is 10.2. The van der Waals surface area contributed by atoms with E-state index in [-0.39, 0.29) is 5.28 Å². The predicted molar refractivity (Wildman–Crippen MR) is 84.1 cm³/mol. The van der Waals surface area contributed by atoms with Gasteiger partial charge in [0.05, 0.1) is 0 Å². The highest BCUT2D eigenvalue weighted by Gasteiger charge is 2.07. The van der Waals surface area contributed by atoms with Gasteiger partial charge in [-0.1, -0.05) is 15.9 Å². The molecule has 0 radical (unpaired) electrons. The molecule has 0 aliphatic carbocycles. The van der Waals surface area contributed by atoms with E-state index in [4.69, 9.17) is 11.6 Å². The molecular weight excluding hydrogens is 356 g/mol. The normalized spacial score (nSPS) is 10.6. The third-order valence-corrected chi connectivity index (χ3v) is 3.26. The van der Waals surface area contributed by atoms with E-state index in [9.17, 15) is 0 Å². The van der Waals surface area contributed by atoms with Crippen LogP contribution in [0.5, 0.6) is 0 Å². The molecule has 0 spiro atoms. The van der Waals surface area contributed by atoms with E-state index >= 15 is 0 Å². The van der Waals surface area contributed by atoms with Crippen molar-refractivity contribution in [1.29, 1.82) is 0 Å². The zero-order valence-corrected chi connectivity index (χ0v) is 13.3. The Labute approximate surface area is 134 Å². The number of hydrogen-bond acceptors (Lipinski definition) is 5. The van der Waals surface area contributed by atoms with Gasteiger partial charge in [-0.2, -0.15) is 15.0 Å². The number of rotatable bonds is 3. The summed E-state index contributed by atoms with van der Waals surface area (Å²) >= 11 is 9.41. The molecular formula is C13H10BrClN6. The fourth-order valence-electron chi connectivity index (χ4n) is 1.83. The number of nitrogens with zero attached hydrogens (tertiary/aromatic N) is 5. The van der Waals surface area contributed by atoms with Gasteiger partial charge in [0, 0.05) is 22.6 Å². The molecule has 0 aliphatic rings. The molecule has 1 aromatic carbocycles. The van der Waals surface area contributed by atoms with Crippen LogP contribution in [-0.4, -0.2) is 24.5 Å². The summed E-state index contributed by atoms with van der Waals surface area (Å²) in [4.78, 5) is 16.4. The van der Waals surface area contributed by atoms with Crippen molar-refractivity contribution in [3.05, 3.63) is 52.2 Å². The number of aryl methyl sites for hydroxylation is 1. The third kappa shape index (κ3) is 3.37. The second kappa shape index (κ2) is 5.79. The van der Waals surface area contributed by atoms with Crippen LogP contribution in [0.2, 0.25) is 5.28 Å². The second-order valence-electron chi connectivity index (χ2n) is 4.34. The second-order valence-corrected chi connectivity index (χ2v) is 5.59. The quantitative estimate of drug-likeness (QED) is 0.769. The lowest BCUT2D eigenvalue weighted by Crippen LogP contribution is -2.05. The maximum atomic E-state index is 5.95. The number of halogens is 2. The van der Waals surface area contributed by atoms with E-state index in [0.29, 0.717) is 11.9 Å². The Hall–Kier alpha value is -1.99. The van der Waals surface area contributed by atoms with Gasteiger partial charge in [0.2, 0.25) is 17.2 Å². The lowest BCUT2D eigenvalue weighted by molar-refractivity contribution is 0.899. The minimum Gasteiger partial charge on any atom is -0.324 e. The van der Waals surface area contributed by atoms with Gasteiger partial charge in [0.1, 0.15) is 6.33 Å². The molecule has 8 heteroatoms. The Bertz CT molecular complexity index is 754. The average molecular weight is 366 g/mol. The number of imidazole rings is 1. The van der Waals surface area contributed by atoms with Crippen LogP contribution in [0.15, 0.2) is 41.4 Å².